The summed E-state index contributed by atoms with van der Waals surface area (Å²) in [6.07, 6.45) is 1.39. The molecule has 0 unspecified atom stereocenters. The summed E-state index contributed by atoms with van der Waals surface area (Å²) >= 11 is 0. The predicted octanol–water partition coefficient (Wildman–Crippen LogP) is 2.19. The second-order valence-corrected chi connectivity index (χ2v) is 3.26. The molecule has 0 radical (unpaired) electrons. The normalized spacial score (nSPS) is 10.4. The molecule has 2 rings (SSSR count). The molecular weight excluding hydrogens is 212 g/mol. The van der Waals surface area contributed by atoms with Crippen molar-refractivity contribution < 1.29 is 8.78 Å². The van der Waals surface area contributed by atoms with Gasteiger partial charge < -0.3 is 11.5 Å². The van der Waals surface area contributed by atoms with Crippen LogP contribution in [-0.2, 0) is 0 Å². The number of nitrogens with zero attached hydrogens (tertiary/aromatic N) is 1. The molecule has 0 aliphatic heterocycles. The molecule has 1 aromatic carbocycles. The van der Waals surface area contributed by atoms with Crippen molar-refractivity contribution in [3.63, 3.8) is 0 Å². The summed E-state index contributed by atoms with van der Waals surface area (Å²) in [5.74, 6) is -1.92. The fraction of sp³-hybridized carbons (Fsp3) is 0. The SMILES string of the molecule is Nc1ccnc(-c2cccc(F)c2F)c1N. The molecule has 82 valence electrons. The monoisotopic (exact) mass is 221 g/mol. The van der Waals surface area contributed by atoms with Crippen LogP contribution in [-0.4, -0.2) is 4.98 Å². The molecule has 0 spiro atoms. The van der Waals surface area contributed by atoms with Gasteiger partial charge in [-0.05, 0) is 18.2 Å². The van der Waals surface area contributed by atoms with Crippen molar-refractivity contribution in [1.29, 1.82) is 0 Å². The topological polar surface area (TPSA) is 64.9 Å². The van der Waals surface area contributed by atoms with Gasteiger partial charge in [0, 0.05) is 11.8 Å². The van der Waals surface area contributed by atoms with Crippen molar-refractivity contribution in [3.05, 3.63) is 42.1 Å². The Morgan fingerprint density at radius 1 is 1.06 bits per heavy atom. The van der Waals surface area contributed by atoms with Gasteiger partial charge in [0.05, 0.1) is 17.1 Å². The number of aromatic nitrogens is 1. The third kappa shape index (κ3) is 1.56. The van der Waals surface area contributed by atoms with Crippen molar-refractivity contribution in [2.24, 2.45) is 0 Å². The highest BCUT2D eigenvalue weighted by molar-refractivity contribution is 5.81. The Bertz CT molecular complexity index is 491. The molecule has 4 N–H and O–H groups in total. The zero-order chi connectivity index (χ0) is 11.7. The van der Waals surface area contributed by atoms with Crippen LogP contribution >= 0.6 is 0 Å². The summed E-state index contributed by atoms with van der Waals surface area (Å²) in [7, 11) is 0. The third-order valence-electron chi connectivity index (χ3n) is 2.23. The van der Waals surface area contributed by atoms with Gasteiger partial charge >= 0.3 is 0 Å². The van der Waals surface area contributed by atoms with E-state index in [1.165, 1.54) is 24.4 Å². The summed E-state index contributed by atoms with van der Waals surface area (Å²) in [5, 5.41) is 0. The maximum absolute atomic E-state index is 13.5. The van der Waals surface area contributed by atoms with E-state index < -0.39 is 11.6 Å². The van der Waals surface area contributed by atoms with E-state index in [0.717, 1.165) is 6.07 Å². The van der Waals surface area contributed by atoms with E-state index in [0.29, 0.717) is 0 Å². The molecule has 1 aromatic heterocycles. The number of anilines is 2. The number of halogens is 2. The fourth-order valence-corrected chi connectivity index (χ4v) is 1.39. The lowest BCUT2D eigenvalue weighted by molar-refractivity contribution is 0.511. The van der Waals surface area contributed by atoms with Crippen LogP contribution in [0.25, 0.3) is 11.3 Å². The van der Waals surface area contributed by atoms with Crippen molar-refractivity contribution >= 4 is 11.4 Å². The highest BCUT2D eigenvalue weighted by Crippen LogP contribution is 2.30. The Morgan fingerprint density at radius 2 is 1.81 bits per heavy atom. The summed E-state index contributed by atoms with van der Waals surface area (Å²) in [6.45, 7) is 0. The van der Waals surface area contributed by atoms with Gasteiger partial charge in [0.1, 0.15) is 0 Å². The van der Waals surface area contributed by atoms with Gasteiger partial charge in [-0.15, -0.1) is 0 Å². The number of hydrogen-bond donors (Lipinski definition) is 2. The summed E-state index contributed by atoms with van der Waals surface area (Å²) in [6, 6.07) is 5.31. The number of pyridine rings is 1. The second-order valence-electron chi connectivity index (χ2n) is 3.26. The maximum atomic E-state index is 13.5. The maximum Gasteiger partial charge on any atom is 0.168 e. The van der Waals surface area contributed by atoms with E-state index in [9.17, 15) is 8.78 Å². The average molecular weight is 221 g/mol. The lowest BCUT2D eigenvalue weighted by atomic mass is 10.1. The lowest BCUT2D eigenvalue weighted by Crippen LogP contribution is -2.01. The quantitative estimate of drug-likeness (QED) is 0.775. The van der Waals surface area contributed by atoms with E-state index in [2.05, 4.69) is 4.98 Å². The van der Waals surface area contributed by atoms with Crippen molar-refractivity contribution in [1.82, 2.24) is 4.98 Å². The zero-order valence-corrected chi connectivity index (χ0v) is 8.24. The molecule has 5 heteroatoms. The van der Waals surface area contributed by atoms with Gasteiger partial charge in [0.25, 0.3) is 0 Å². The van der Waals surface area contributed by atoms with Crippen LogP contribution in [0.4, 0.5) is 20.2 Å². The highest BCUT2D eigenvalue weighted by atomic mass is 19.2. The van der Waals surface area contributed by atoms with Crippen LogP contribution in [0.2, 0.25) is 0 Å². The van der Waals surface area contributed by atoms with Crippen LogP contribution < -0.4 is 11.5 Å². The summed E-state index contributed by atoms with van der Waals surface area (Å²) in [4.78, 5) is 3.90. The minimum absolute atomic E-state index is 0.00444. The Labute approximate surface area is 90.7 Å². The number of hydrogen-bond acceptors (Lipinski definition) is 3. The standard InChI is InChI=1S/C11H9F2N3/c12-7-3-1-2-6(9(7)13)11-10(15)8(14)4-5-16-11/h1-5H,15H2,(H2,14,16). The van der Waals surface area contributed by atoms with Crippen molar-refractivity contribution in [2.75, 3.05) is 11.5 Å². The zero-order valence-electron chi connectivity index (χ0n) is 8.24. The Balaban J connectivity index is 2.68. The predicted molar refractivity (Wildman–Crippen MR) is 58.4 cm³/mol. The first-order valence-corrected chi connectivity index (χ1v) is 4.55. The fourth-order valence-electron chi connectivity index (χ4n) is 1.39. The summed E-state index contributed by atoms with van der Waals surface area (Å²) < 4.78 is 26.5. The van der Waals surface area contributed by atoms with Crippen LogP contribution in [0.15, 0.2) is 30.5 Å². The molecule has 0 aliphatic carbocycles. The first kappa shape index (κ1) is 10.4. The minimum Gasteiger partial charge on any atom is -0.397 e. The van der Waals surface area contributed by atoms with Gasteiger partial charge in [0.2, 0.25) is 0 Å². The molecule has 0 aliphatic rings. The van der Waals surface area contributed by atoms with Gasteiger partial charge in [0.15, 0.2) is 11.6 Å². The van der Waals surface area contributed by atoms with Crippen LogP contribution in [0.3, 0.4) is 0 Å². The Hall–Kier alpha value is -2.17. The molecule has 1 heterocycles. The molecule has 16 heavy (non-hydrogen) atoms. The number of benzene rings is 1. The molecule has 0 saturated carbocycles. The van der Waals surface area contributed by atoms with Gasteiger partial charge in [-0.1, -0.05) is 6.07 Å². The summed E-state index contributed by atoms with van der Waals surface area (Å²) in [5.41, 5.74) is 11.8. The molecule has 3 nitrogen and oxygen atoms in total. The lowest BCUT2D eigenvalue weighted by Gasteiger charge is -2.08. The average Bonchev–Trinajstić information content (AvgIpc) is 2.27. The number of rotatable bonds is 1. The van der Waals surface area contributed by atoms with Gasteiger partial charge in [-0.3, -0.25) is 4.98 Å². The highest BCUT2D eigenvalue weighted by Gasteiger charge is 2.14. The first-order valence-electron chi connectivity index (χ1n) is 4.55. The van der Waals surface area contributed by atoms with Crippen LogP contribution in [0.1, 0.15) is 0 Å². The molecule has 2 aromatic rings. The third-order valence-corrected chi connectivity index (χ3v) is 2.23. The Morgan fingerprint density at radius 3 is 2.56 bits per heavy atom. The van der Waals surface area contributed by atoms with E-state index >= 15 is 0 Å². The largest absolute Gasteiger partial charge is 0.397 e. The molecule has 0 amide bonds. The van der Waals surface area contributed by atoms with E-state index in [1.807, 2.05) is 0 Å². The number of nitrogen functional groups attached to an aromatic ring is 2. The van der Waals surface area contributed by atoms with E-state index in [1.54, 1.807) is 0 Å². The number of nitrogens with two attached hydrogens (primary N) is 2. The second kappa shape index (κ2) is 3.77. The van der Waals surface area contributed by atoms with Gasteiger partial charge in [-0.2, -0.15) is 0 Å². The van der Waals surface area contributed by atoms with Crippen molar-refractivity contribution in [2.45, 2.75) is 0 Å². The van der Waals surface area contributed by atoms with Crippen LogP contribution in [0.5, 0.6) is 0 Å². The van der Waals surface area contributed by atoms with Crippen molar-refractivity contribution in [3.8, 4) is 11.3 Å². The molecule has 0 saturated heterocycles. The van der Waals surface area contributed by atoms with E-state index in [4.69, 9.17) is 11.5 Å². The minimum atomic E-state index is -0.979. The Kier molecular flexibility index (Phi) is 2.44. The molecule has 0 atom stereocenters. The molecule has 0 fully saturated rings. The van der Waals surface area contributed by atoms with Gasteiger partial charge in [-0.25, -0.2) is 8.78 Å². The first-order chi connectivity index (χ1) is 7.61. The van der Waals surface area contributed by atoms with Crippen LogP contribution in [0, 0.1) is 11.6 Å². The van der Waals surface area contributed by atoms with E-state index in [-0.39, 0.29) is 22.6 Å². The smallest absolute Gasteiger partial charge is 0.168 e. The molecule has 0 bridgehead atoms. The molecular formula is C11H9F2N3.